The standard InChI is InChI=1S/C7H10N2OS/c1-3-9(6-10-4-1)7-8-2-5-11-7/h2,5H,1,3-4,6H2. The molecule has 0 radical (unpaired) electrons. The topological polar surface area (TPSA) is 25.4 Å². The highest BCUT2D eigenvalue weighted by atomic mass is 32.1. The largest absolute Gasteiger partial charge is 0.361 e. The second-order valence-corrected chi connectivity index (χ2v) is 3.34. The highest BCUT2D eigenvalue weighted by molar-refractivity contribution is 7.13. The van der Waals surface area contributed by atoms with Crippen molar-refractivity contribution in [2.75, 3.05) is 24.8 Å². The monoisotopic (exact) mass is 170 g/mol. The van der Waals surface area contributed by atoms with Crippen LogP contribution in [0.25, 0.3) is 0 Å². The predicted octanol–water partition coefficient (Wildman–Crippen LogP) is 1.33. The zero-order valence-corrected chi connectivity index (χ0v) is 7.01. The molecule has 1 aromatic rings. The summed E-state index contributed by atoms with van der Waals surface area (Å²) in [6, 6.07) is 0. The summed E-state index contributed by atoms with van der Waals surface area (Å²) in [6.07, 6.45) is 2.94. The van der Waals surface area contributed by atoms with Gasteiger partial charge in [0.15, 0.2) is 5.13 Å². The minimum atomic E-state index is 0.702. The fraction of sp³-hybridized carbons (Fsp3) is 0.571. The van der Waals surface area contributed by atoms with Crippen LogP contribution in [-0.4, -0.2) is 24.9 Å². The first-order valence-electron chi connectivity index (χ1n) is 3.69. The van der Waals surface area contributed by atoms with E-state index in [1.165, 1.54) is 0 Å². The molecule has 1 fully saturated rings. The third-order valence-electron chi connectivity index (χ3n) is 1.65. The van der Waals surface area contributed by atoms with Crippen LogP contribution in [0, 0.1) is 0 Å². The molecule has 0 bridgehead atoms. The van der Waals surface area contributed by atoms with E-state index in [0.29, 0.717) is 6.73 Å². The van der Waals surface area contributed by atoms with Gasteiger partial charge in [-0.2, -0.15) is 0 Å². The molecule has 0 saturated carbocycles. The predicted molar refractivity (Wildman–Crippen MR) is 44.9 cm³/mol. The van der Waals surface area contributed by atoms with Crippen molar-refractivity contribution in [2.45, 2.75) is 6.42 Å². The summed E-state index contributed by atoms with van der Waals surface area (Å²) in [4.78, 5) is 6.37. The van der Waals surface area contributed by atoms with Gasteiger partial charge in [0.1, 0.15) is 6.73 Å². The Morgan fingerprint density at radius 2 is 2.64 bits per heavy atom. The minimum Gasteiger partial charge on any atom is -0.361 e. The van der Waals surface area contributed by atoms with Crippen molar-refractivity contribution in [1.82, 2.24) is 4.98 Å². The van der Waals surface area contributed by atoms with Gasteiger partial charge in [0.2, 0.25) is 0 Å². The van der Waals surface area contributed by atoms with E-state index < -0.39 is 0 Å². The van der Waals surface area contributed by atoms with E-state index in [1.807, 2.05) is 11.6 Å². The Balaban J connectivity index is 2.04. The number of rotatable bonds is 1. The van der Waals surface area contributed by atoms with Gasteiger partial charge in [-0.1, -0.05) is 0 Å². The molecule has 0 atom stereocenters. The average molecular weight is 170 g/mol. The Morgan fingerprint density at radius 3 is 3.27 bits per heavy atom. The molecule has 1 aromatic heterocycles. The smallest absolute Gasteiger partial charge is 0.187 e. The molecule has 2 heterocycles. The third-order valence-corrected chi connectivity index (χ3v) is 2.49. The second-order valence-electron chi connectivity index (χ2n) is 2.47. The maximum atomic E-state index is 5.30. The van der Waals surface area contributed by atoms with E-state index >= 15 is 0 Å². The Morgan fingerprint density at radius 1 is 1.64 bits per heavy atom. The fourth-order valence-corrected chi connectivity index (χ4v) is 1.78. The molecule has 4 heteroatoms. The van der Waals surface area contributed by atoms with Crippen molar-refractivity contribution in [2.24, 2.45) is 0 Å². The molecule has 0 spiro atoms. The molecule has 0 aliphatic carbocycles. The van der Waals surface area contributed by atoms with Crippen LogP contribution in [0.5, 0.6) is 0 Å². The number of hydrogen-bond donors (Lipinski definition) is 0. The molecule has 1 saturated heterocycles. The molecule has 1 aliphatic rings. The van der Waals surface area contributed by atoms with Gasteiger partial charge in [-0.05, 0) is 6.42 Å². The summed E-state index contributed by atoms with van der Waals surface area (Å²) in [5.41, 5.74) is 0. The Bertz CT molecular complexity index is 206. The van der Waals surface area contributed by atoms with Crippen LogP contribution in [-0.2, 0) is 4.74 Å². The maximum absolute atomic E-state index is 5.30. The van der Waals surface area contributed by atoms with Crippen molar-refractivity contribution < 1.29 is 4.74 Å². The van der Waals surface area contributed by atoms with E-state index in [2.05, 4.69) is 9.88 Å². The van der Waals surface area contributed by atoms with Gasteiger partial charge in [-0.25, -0.2) is 4.98 Å². The van der Waals surface area contributed by atoms with Crippen molar-refractivity contribution in [3.8, 4) is 0 Å². The average Bonchev–Trinajstić information content (AvgIpc) is 2.58. The fourth-order valence-electron chi connectivity index (χ4n) is 1.12. The summed E-state index contributed by atoms with van der Waals surface area (Å²) in [5, 5.41) is 3.06. The molecule has 1 aliphatic heterocycles. The van der Waals surface area contributed by atoms with E-state index in [9.17, 15) is 0 Å². The highest BCUT2D eigenvalue weighted by Gasteiger charge is 2.12. The van der Waals surface area contributed by atoms with Crippen LogP contribution >= 0.6 is 11.3 Å². The van der Waals surface area contributed by atoms with Crippen molar-refractivity contribution >= 4 is 16.5 Å². The summed E-state index contributed by atoms with van der Waals surface area (Å²) < 4.78 is 5.30. The van der Waals surface area contributed by atoms with Crippen molar-refractivity contribution in [3.05, 3.63) is 11.6 Å². The zero-order valence-electron chi connectivity index (χ0n) is 6.19. The van der Waals surface area contributed by atoms with Crippen LogP contribution < -0.4 is 4.90 Å². The van der Waals surface area contributed by atoms with Crippen LogP contribution in [0.3, 0.4) is 0 Å². The number of aromatic nitrogens is 1. The van der Waals surface area contributed by atoms with Gasteiger partial charge >= 0.3 is 0 Å². The van der Waals surface area contributed by atoms with Crippen LogP contribution in [0.15, 0.2) is 11.6 Å². The van der Waals surface area contributed by atoms with Gasteiger partial charge in [-0.3, -0.25) is 0 Å². The first kappa shape index (κ1) is 7.06. The van der Waals surface area contributed by atoms with Crippen molar-refractivity contribution in [3.63, 3.8) is 0 Å². The van der Waals surface area contributed by atoms with Gasteiger partial charge in [0.25, 0.3) is 0 Å². The van der Waals surface area contributed by atoms with Crippen molar-refractivity contribution in [1.29, 1.82) is 0 Å². The molecule has 0 aromatic carbocycles. The Hall–Kier alpha value is -0.610. The van der Waals surface area contributed by atoms with E-state index in [-0.39, 0.29) is 0 Å². The van der Waals surface area contributed by atoms with Gasteiger partial charge in [0, 0.05) is 18.1 Å². The molecule has 3 nitrogen and oxygen atoms in total. The number of anilines is 1. The number of thiazole rings is 1. The molecule has 60 valence electrons. The highest BCUT2D eigenvalue weighted by Crippen LogP contribution is 2.18. The Kier molecular flexibility index (Phi) is 2.05. The zero-order chi connectivity index (χ0) is 7.52. The SMILES string of the molecule is c1csc(N2CCCOC2)n1. The second kappa shape index (κ2) is 3.19. The molecule has 11 heavy (non-hydrogen) atoms. The van der Waals surface area contributed by atoms with Crippen LogP contribution in [0.4, 0.5) is 5.13 Å². The van der Waals surface area contributed by atoms with Gasteiger partial charge < -0.3 is 9.64 Å². The molecule has 0 N–H and O–H groups in total. The lowest BCUT2D eigenvalue weighted by Crippen LogP contribution is -2.32. The molecular weight excluding hydrogens is 160 g/mol. The molecule has 0 unspecified atom stereocenters. The van der Waals surface area contributed by atoms with E-state index in [0.717, 1.165) is 24.7 Å². The number of ether oxygens (including phenoxy) is 1. The third kappa shape index (κ3) is 1.52. The summed E-state index contributed by atoms with van der Waals surface area (Å²) in [7, 11) is 0. The Labute approximate surface area is 69.6 Å². The number of nitrogens with zero attached hydrogens (tertiary/aromatic N) is 2. The first-order valence-corrected chi connectivity index (χ1v) is 4.57. The molecule has 2 rings (SSSR count). The lowest BCUT2D eigenvalue weighted by Gasteiger charge is -2.25. The van der Waals surface area contributed by atoms with E-state index in [1.54, 1.807) is 11.3 Å². The summed E-state index contributed by atoms with van der Waals surface area (Å²) in [6.45, 7) is 2.67. The lowest BCUT2D eigenvalue weighted by molar-refractivity contribution is 0.107. The quantitative estimate of drug-likeness (QED) is 0.635. The maximum Gasteiger partial charge on any atom is 0.187 e. The van der Waals surface area contributed by atoms with Crippen LogP contribution in [0.2, 0.25) is 0 Å². The summed E-state index contributed by atoms with van der Waals surface area (Å²) in [5.74, 6) is 0. The molecular formula is C7H10N2OS. The van der Waals surface area contributed by atoms with Gasteiger partial charge in [0.05, 0.1) is 6.61 Å². The van der Waals surface area contributed by atoms with Gasteiger partial charge in [-0.15, -0.1) is 11.3 Å². The number of hydrogen-bond acceptors (Lipinski definition) is 4. The summed E-state index contributed by atoms with van der Waals surface area (Å²) >= 11 is 1.66. The normalized spacial score (nSPS) is 18.7. The lowest BCUT2D eigenvalue weighted by atomic mass is 10.4. The van der Waals surface area contributed by atoms with E-state index in [4.69, 9.17) is 4.74 Å². The minimum absolute atomic E-state index is 0.702. The molecule has 0 amide bonds. The van der Waals surface area contributed by atoms with Crippen LogP contribution in [0.1, 0.15) is 6.42 Å². The first-order chi connectivity index (χ1) is 5.47.